The van der Waals surface area contributed by atoms with Gasteiger partial charge in [0.1, 0.15) is 5.75 Å². The van der Waals surface area contributed by atoms with E-state index in [0.717, 1.165) is 0 Å². The summed E-state index contributed by atoms with van der Waals surface area (Å²) in [5.74, 6) is -0.273. The van der Waals surface area contributed by atoms with Gasteiger partial charge in [-0.3, -0.25) is 4.79 Å². The van der Waals surface area contributed by atoms with Gasteiger partial charge < -0.3 is 9.47 Å². The molecule has 0 spiro atoms. The van der Waals surface area contributed by atoms with E-state index in [1.54, 1.807) is 48.5 Å². The third-order valence-electron chi connectivity index (χ3n) is 2.74. The van der Waals surface area contributed by atoms with Crippen LogP contribution in [0.25, 0.3) is 0 Å². The van der Waals surface area contributed by atoms with Crippen molar-refractivity contribution in [2.75, 3.05) is 13.7 Å². The van der Waals surface area contributed by atoms with Crippen LogP contribution in [0.4, 0.5) is 0 Å². The van der Waals surface area contributed by atoms with E-state index in [-0.39, 0.29) is 12.4 Å². The molecule has 102 valence electrons. The molecule has 2 aromatic rings. The molecule has 0 radical (unpaired) electrons. The molecule has 4 heteroatoms. The Morgan fingerprint density at radius 1 is 0.950 bits per heavy atom. The lowest BCUT2D eigenvalue weighted by molar-refractivity contribution is -0.142. The Kier molecular flexibility index (Phi) is 4.50. The van der Waals surface area contributed by atoms with Gasteiger partial charge >= 0.3 is 5.97 Å². The topological polar surface area (TPSA) is 52.6 Å². The summed E-state index contributed by atoms with van der Waals surface area (Å²) >= 11 is 0. The molecule has 2 rings (SSSR count). The summed E-state index contributed by atoms with van der Waals surface area (Å²) in [6, 6.07) is 15.7. The van der Waals surface area contributed by atoms with E-state index in [2.05, 4.69) is 4.74 Å². The summed E-state index contributed by atoms with van der Waals surface area (Å²) in [5.41, 5.74) is 0.990. The number of esters is 1. The van der Waals surface area contributed by atoms with Crippen LogP contribution >= 0.6 is 0 Å². The van der Waals surface area contributed by atoms with Crippen molar-refractivity contribution in [3.8, 4) is 5.75 Å². The summed E-state index contributed by atoms with van der Waals surface area (Å²) in [7, 11) is 1.28. The highest BCUT2D eigenvalue weighted by atomic mass is 16.6. The first kappa shape index (κ1) is 13.8. The van der Waals surface area contributed by atoms with Crippen LogP contribution in [-0.2, 0) is 9.53 Å². The molecule has 0 saturated carbocycles. The third-order valence-corrected chi connectivity index (χ3v) is 2.74. The Hall–Kier alpha value is -2.62. The van der Waals surface area contributed by atoms with Gasteiger partial charge in [-0.1, -0.05) is 42.5 Å². The maximum Gasteiger partial charge on any atom is 0.343 e. The van der Waals surface area contributed by atoms with Crippen molar-refractivity contribution >= 4 is 11.8 Å². The highest BCUT2D eigenvalue weighted by Crippen LogP contribution is 2.21. The Labute approximate surface area is 116 Å². The molecule has 0 unspecified atom stereocenters. The standard InChI is InChI=1S/C16H14O4/c1-19-15(17)11-20-14-10-6-5-9-13(14)16(18)12-7-3-2-4-8-12/h2-10H,11H2,1H3. The number of hydrogen-bond donors (Lipinski definition) is 0. The van der Waals surface area contributed by atoms with E-state index < -0.39 is 5.97 Å². The summed E-state index contributed by atoms with van der Waals surface area (Å²) in [4.78, 5) is 23.5. The van der Waals surface area contributed by atoms with Crippen molar-refractivity contribution < 1.29 is 19.1 Å². The van der Waals surface area contributed by atoms with Gasteiger partial charge in [0.2, 0.25) is 0 Å². The van der Waals surface area contributed by atoms with Crippen LogP contribution in [-0.4, -0.2) is 25.5 Å². The van der Waals surface area contributed by atoms with Crippen LogP contribution in [0.5, 0.6) is 5.75 Å². The fourth-order valence-electron chi connectivity index (χ4n) is 1.72. The third kappa shape index (κ3) is 3.23. The van der Waals surface area contributed by atoms with Gasteiger partial charge in [-0.15, -0.1) is 0 Å². The highest BCUT2D eigenvalue weighted by molar-refractivity contribution is 6.10. The number of methoxy groups -OCH3 is 1. The Bertz CT molecular complexity index is 605. The summed E-state index contributed by atoms with van der Waals surface area (Å²) < 4.78 is 9.85. The fourth-order valence-corrected chi connectivity index (χ4v) is 1.72. The van der Waals surface area contributed by atoms with E-state index in [1.165, 1.54) is 7.11 Å². The largest absolute Gasteiger partial charge is 0.481 e. The monoisotopic (exact) mass is 270 g/mol. The molecule has 4 nitrogen and oxygen atoms in total. The van der Waals surface area contributed by atoms with Crippen molar-refractivity contribution in [1.82, 2.24) is 0 Å². The zero-order valence-electron chi connectivity index (χ0n) is 11.0. The lowest BCUT2D eigenvalue weighted by Gasteiger charge is -2.09. The van der Waals surface area contributed by atoms with E-state index >= 15 is 0 Å². The molecule has 0 aromatic heterocycles. The number of carbonyl (C=O) groups excluding carboxylic acids is 2. The first-order chi connectivity index (χ1) is 9.72. The molecular weight excluding hydrogens is 256 g/mol. The van der Waals surface area contributed by atoms with Crippen LogP contribution in [0.1, 0.15) is 15.9 Å². The van der Waals surface area contributed by atoms with E-state index in [4.69, 9.17) is 4.74 Å². The molecule has 2 aromatic carbocycles. The number of hydrogen-bond acceptors (Lipinski definition) is 4. The van der Waals surface area contributed by atoms with Crippen molar-refractivity contribution in [3.05, 3.63) is 65.7 Å². The van der Waals surface area contributed by atoms with Crippen LogP contribution in [0, 0.1) is 0 Å². The molecule has 0 amide bonds. The van der Waals surface area contributed by atoms with E-state index in [9.17, 15) is 9.59 Å². The second-order valence-corrected chi connectivity index (χ2v) is 4.06. The Morgan fingerprint density at radius 3 is 2.30 bits per heavy atom. The van der Waals surface area contributed by atoms with E-state index in [1.807, 2.05) is 6.07 Å². The van der Waals surface area contributed by atoms with Gasteiger partial charge in [0, 0.05) is 5.56 Å². The number of carbonyl (C=O) groups is 2. The molecule has 0 aliphatic heterocycles. The van der Waals surface area contributed by atoms with Crippen molar-refractivity contribution in [2.24, 2.45) is 0 Å². The number of ketones is 1. The predicted octanol–water partition coefficient (Wildman–Crippen LogP) is 2.47. The number of ether oxygens (including phenoxy) is 2. The molecule has 0 saturated heterocycles. The zero-order chi connectivity index (χ0) is 14.4. The average molecular weight is 270 g/mol. The second-order valence-electron chi connectivity index (χ2n) is 4.06. The van der Waals surface area contributed by atoms with Gasteiger partial charge in [0.15, 0.2) is 12.4 Å². The molecule has 0 bridgehead atoms. The van der Waals surface area contributed by atoms with Gasteiger partial charge in [-0.05, 0) is 12.1 Å². The van der Waals surface area contributed by atoms with Crippen molar-refractivity contribution in [2.45, 2.75) is 0 Å². The highest BCUT2D eigenvalue weighted by Gasteiger charge is 2.14. The maximum atomic E-state index is 12.4. The number of para-hydroxylation sites is 1. The molecular formula is C16H14O4. The van der Waals surface area contributed by atoms with Crippen molar-refractivity contribution in [3.63, 3.8) is 0 Å². The van der Waals surface area contributed by atoms with Crippen LogP contribution in [0.2, 0.25) is 0 Å². The molecule has 0 aliphatic carbocycles. The van der Waals surface area contributed by atoms with Gasteiger partial charge in [-0.2, -0.15) is 0 Å². The summed E-state index contributed by atoms with van der Waals surface area (Å²) in [5, 5.41) is 0. The molecule has 0 heterocycles. The first-order valence-electron chi connectivity index (χ1n) is 6.11. The lowest BCUT2D eigenvalue weighted by atomic mass is 10.0. The Balaban J connectivity index is 2.24. The quantitative estimate of drug-likeness (QED) is 0.618. The molecule has 0 N–H and O–H groups in total. The smallest absolute Gasteiger partial charge is 0.343 e. The zero-order valence-corrected chi connectivity index (χ0v) is 11.0. The van der Waals surface area contributed by atoms with Gasteiger partial charge in [0.25, 0.3) is 0 Å². The SMILES string of the molecule is COC(=O)COc1ccccc1C(=O)c1ccccc1. The molecule has 0 atom stereocenters. The van der Waals surface area contributed by atoms with Gasteiger partial charge in [0.05, 0.1) is 12.7 Å². The lowest BCUT2D eigenvalue weighted by Crippen LogP contribution is -2.14. The molecule has 20 heavy (non-hydrogen) atoms. The first-order valence-corrected chi connectivity index (χ1v) is 6.11. The minimum atomic E-state index is -0.494. The predicted molar refractivity (Wildman–Crippen MR) is 73.8 cm³/mol. The van der Waals surface area contributed by atoms with Crippen LogP contribution in [0.3, 0.4) is 0 Å². The number of rotatable bonds is 5. The number of benzene rings is 2. The van der Waals surface area contributed by atoms with Crippen molar-refractivity contribution in [1.29, 1.82) is 0 Å². The van der Waals surface area contributed by atoms with Gasteiger partial charge in [-0.25, -0.2) is 4.79 Å². The maximum absolute atomic E-state index is 12.4. The normalized spacial score (nSPS) is 9.85. The molecule has 0 aliphatic rings. The van der Waals surface area contributed by atoms with E-state index in [0.29, 0.717) is 16.9 Å². The van der Waals surface area contributed by atoms with Crippen LogP contribution < -0.4 is 4.74 Å². The fraction of sp³-hybridized carbons (Fsp3) is 0.125. The summed E-state index contributed by atoms with van der Waals surface area (Å²) in [6.07, 6.45) is 0. The molecule has 0 fully saturated rings. The second kappa shape index (κ2) is 6.52. The minimum Gasteiger partial charge on any atom is -0.481 e. The Morgan fingerprint density at radius 2 is 1.60 bits per heavy atom. The minimum absolute atomic E-state index is 0.147. The average Bonchev–Trinajstić information content (AvgIpc) is 2.53. The van der Waals surface area contributed by atoms with Crippen LogP contribution in [0.15, 0.2) is 54.6 Å². The summed E-state index contributed by atoms with van der Waals surface area (Å²) in [6.45, 7) is -0.227.